The summed E-state index contributed by atoms with van der Waals surface area (Å²) in [7, 11) is 1.66. The fourth-order valence-corrected chi connectivity index (χ4v) is 2.65. The maximum absolute atomic E-state index is 12.2. The smallest absolute Gasteiger partial charge is 0.289 e. The van der Waals surface area contributed by atoms with Gasteiger partial charge in [0, 0.05) is 19.0 Å². The molecule has 0 radical (unpaired) electrons. The Morgan fingerprint density at radius 3 is 2.75 bits per heavy atom. The van der Waals surface area contributed by atoms with Crippen molar-refractivity contribution in [3.63, 3.8) is 0 Å². The molecule has 1 unspecified atom stereocenters. The molecule has 1 aliphatic rings. The second-order valence-electron chi connectivity index (χ2n) is 4.99. The number of carbonyl (C=O) groups excluding carboxylic acids is 1. The van der Waals surface area contributed by atoms with Gasteiger partial charge in [-0.15, -0.1) is 0 Å². The first-order chi connectivity index (χ1) is 9.78. The largest absolute Gasteiger partial charge is 0.497 e. The van der Waals surface area contributed by atoms with Crippen LogP contribution in [0.2, 0.25) is 0 Å². The third-order valence-electron chi connectivity index (χ3n) is 3.79. The lowest BCUT2D eigenvalue weighted by atomic mass is 9.98. The first-order valence-electron chi connectivity index (χ1n) is 6.74. The molecule has 1 aromatic carbocycles. The van der Waals surface area contributed by atoms with Crippen LogP contribution in [0.25, 0.3) is 0 Å². The highest BCUT2D eigenvalue weighted by Crippen LogP contribution is 2.29. The standard InChI is InChI=1S/C16H17NO3/c1-19-14-6-4-12(5-7-14)13-8-9-17(11-13)16(18)15-3-2-10-20-15/h2-7,10,13H,8-9,11H2,1H3. The lowest BCUT2D eigenvalue weighted by Gasteiger charge is -2.15. The number of hydrogen-bond donors (Lipinski definition) is 0. The van der Waals surface area contributed by atoms with E-state index in [1.54, 1.807) is 19.2 Å². The van der Waals surface area contributed by atoms with E-state index < -0.39 is 0 Å². The lowest BCUT2D eigenvalue weighted by molar-refractivity contribution is 0.0759. The van der Waals surface area contributed by atoms with E-state index in [0.717, 1.165) is 25.3 Å². The number of nitrogens with zero attached hydrogens (tertiary/aromatic N) is 1. The summed E-state index contributed by atoms with van der Waals surface area (Å²) in [5.74, 6) is 1.64. The van der Waals surface area contributed by atoms with Gasteiger partial charge in [-0.1, -0.05) is 12.1 Å². The zero-order valence-corrected chi connectivity index (χ0v) is 11.4. The van der Waals surface area contributed by atoms with Gasteiger partial charge in [0.2, 0.25) is 0 Å². The van der Waals surface area contributed by atoms with Gasteiger partial charge >= 0.3 is 0 Å². The quantitative estimate of drug-likeness (QED) is 0.862. The predicted molar refractivity (Wildman–Crippen MR) is 75.0 cm³/mol. The van der Waals surface area contributed by atoms with E-state index in [4.69, 9.17) is 9.15 Å². The Balaban J connectivity index is 1.68. The van der Waals surface area contributed by atoms with Crippen LogP contribution < -0.4 is 4.74 Å². The predicted octanol–water partition coefficient (Wildman–Crippen LogP) is 2.92. The molecule has 1 aromatic heterocycles. The molecule has 20 heavy (non-hydrogen) atoms. The third kappa shape index (κ3) is 2.41. The zero-order valence-electron chi connectivity index (χ0n) is 11.4. The maximum Gasteiger partial charge on any atom is 0.289 e. The highest BCUT2D eigenvalue weighted by atomic mass is 16.5. The Bertz CT molecular complexity index is 574. The van der Waals surface area contributed by atoms with E-state index in [2.05, 4.69) is 12.1 Å². The normalized spacial score (nSPS) is 18.2. The summed E-state index contributed by atoms with van der Waals surface area (Å²) in [6, 6.07) is 11.5. The Kier molecular flexibility index (Phi) is 3.46. The molecular formula is C16H17NO3. The fraction of sp³-hybridized carbons (Fsp3) is 0.312. The first-order valence-corrected chi connectivity index (χ1v) is 6.74. The molecular weight excluding hydrogens is 254 g/mol. The Morgan fingerprint density at radius 2 is 2.10 bits per heavy atom. The second kappa shape index (κ2) is 5.41. The average Bonchev–Trinajstić information content (AvgIpc) is 3.18. The van der Waals surface area contributed by atoms with E-state index in [1.807, 2.05) is 17.0 Å². The van der Waals surface area contributed by atoms with Crippen molar-refractivity contribution in [1.29, 1.82) is 0 Å². The van der Waals surface area contributed by atoms with Gasteiger partial charge in [-0.2, -0.15) is 0 Å². The zero-order chi connectivity index (χ0) is 13.9. The van der Waals surface area contributed by atoms with Crippen LogP contribution >= 0.6 is 0 Å². The molecule has 2 aromatic rings. The number of hydrogen-bond acceptors (Lipinski definition) is 3. The molecule has 104 valence electrons. The van der Waals surface area contributed by atoms with Crippen LogP contribution in [0, 0.1) is 0 Å². The molecule has 0 bridgehead atoms. The number of furan rings is 1. The monoisotopic (exact) mass is 271 g/mol. The van der Waals surface area contributed by atoms with E-state index in [-0.39, 0.29) is 5.91 Å². The number of likely N-dealkylation sites (tertiary alicyclic amines) is 1. The van der Waals surface area contributed by atoms with Gasteiger partial charge in [0.25, 0.3) is 5.91 Å². The van der Waals surface area contributed by atoms with Crippen LogP contribution in [0.5, 0.6) is 5.75 Å². The van der Waals surface area contributed by atoms with Crippen molar-refractivity contribution in [2.24, 2.45) is 0 Å². The highest BCUT2D eigenvalue weighted by Gasteiger charge is 2.28. The molecule has 0 N–H and O–H groups in total. The Labute approximate surface area is 118 Å². The minimum Gasteiger partial charge on any atom is -0.497 e. The number of carbonyl (C=O) groups is 1. The second-order valence-corrected chi connectivity index (χ2v) is 4.99. The van der Waals surface area contributed by atoms with Crippen LogP contribution in [0.1, 0.15) is 28.5 Å². The Morgan fingerprint density at radius 1 is 1.30 bits per heavy atom. The van der Waals surface area contributed by atoms with E-state index in [9.17, 15) is 4.79 Å². The molecule has 1 fully saturated rings. The van der Waals surface area contributed by atoms with Crippen LogP contribution in [0.15, 0.2) is 47.1 Å². The van der Waals surface area contributed by atoms with E-state index in [1.165, 1.54) is 11.8 Å². The van der Waals surface area contributed by atoms with Crippen molar-refractivity contribution in [2.75, 3.05) is 20.2 Å². The van der Waals surface area contributed by atoms with Crippen LogP contribution in [0.3, 0.4) is 0 Å². The van der Waals surface area contributed by atoms with Crippen LogP contribution in [-0.2, 0) is 0 Å². The summed E-state index contributed by atoms with van der Waals surface area (Å²) in [5, 5.41) is 0. The maximum atomic E-state index is 12.2. The van der Waals surface area contributed by atoms with E-state index in [0.29, 0.717) is 11.7 Å². The summed E-state index contributed by atoms with van der Waals surface area (Å²) in [6.07, 6.45) is 2.52. The summed E-state index contributed by atoms with van der Waals surface area (Å²) in [4.78, 5) is 14.1. The molecule has 0 spiro atoms. The van der Waals surface area contributed by atoms with Crippen LogP contribution in [-0.4, -0.2) is 31.0 Å². The van der Waals surface area contributed by atoms with Gasteiger partial charge in [0.05, 0.1) is 13.4 Å². The minimum atomic E-state index is -0.0222. The molecule has 2 heterocycles. The summed E-state index contributed by atoms with van der Waals surface area (Å²) in [5.41, 5.74) is 1.25. The van der Waals surface area contributed by atoms with Crippen molar-refractivity contribution >= 4 is 5.91 Å². The Hall–Kier alpha value is -2.23. The van der Waals surface area contributed by atoms with Crippen molar-refractivity contribution in [2.45, 2.75) is 12.3 Å². The lowest BCUT2D eigenvalue weighted by Crippen LogP contribution is -2.28. The summed E-state index contributed by atoms with van der Waals surface area (Å²) < 4.78 is 10.3. The van der Waals surface area contributed by atoms with Gasteiger partial charge in [-0.05, 0) is 36.2 Å². The summed E-state index contributed by atoms with van der Waals surface area (Å²) in [6.45, 7) is 1.52. The molecule has 4 heteroatoms. The van der Waals surface area contributed by atoms with Crippen LogP contribution in [0.4, 0.5) is 0 Å². The number of rotatable bonds is 3. The molecule has 0 aliphatic carbocycles. The highest BCUT2D eigenvalue weighted by molar-refractivity contribution is 5.91. The van der Waals surface area contributed by atoms with Crippen molar-refractivity contribution in [3.05, 3.63) is 54.0 Å². The molecule has 3 rings (SSSR count). The molecule has 1 amide bonds. The van der Waals surface area contributed by atoms with Crippen molar-refractivity contribution < 1.29 is 13.9 Å². The number of ether oxygens (including phenoxy) is 1. The topological polar surface area (TPSA) is 42.7 Å². The molecule has 1 aliphatic heterocycles. The number of amides is 1. The van der Waals surface area contributed by atoms with E-state index >= 15 is 0 Å². The number of methoxy groups -OCH3 is 1. The molecule has 4 nitrogen and oxygen atoms in total. The van der Waals surface area contributed by atoms with Crippen molar-refractivity contribution in [1.82, 2.24) is 4.90 Å². The van der Waals surface area contributed by atoms with Gasteiger partial charge in [-0.25, -0.2) is 0 Å². The third-order valence-corrected chi connectivity index (χ3v) is 3.79. The average molecular weight is 271 g/mol. The minimum absolute atomic E-state index is 0.0222. The van der Waals surface area contributed by atoms with Gasteiger partial charge in [-0.3, -0.25) is 4.79 Å². The first kappa shape index (κ1) is 12.8. The molecule has 0 saturated carbocycles. The molecule has 1 saturated heterocycles. The van der Waals surface area contributed by atoms with Gasteiger partial charge < -0.3 is 14.1 Å². The van der Waals surface area contributed by atoms with Gasteiger partial charge in [0.1, 0.15) is 5.75 Å². The SMILES string of the molecule is COc1ccc(C2CCN(C(=O)c3ccco3)C2)cc1. The molecule has 1 atom stereocenters. The van der Waals surface area contributed by atoms with Crippen molar-refractivity contribution in [3.8, 4) is 5.75 Å². The van der Waals surface area contributed by atoms with Gasteiger partial charge in [0.15, 0.2) is 5.76 Å². The number of benzene rings is 1. The fourth-order valence-electron chi connectivity index (χ4n) is 2.65. The summed E-state index contributed by atoms with van der Waals surface area (Å²) >= 11 is 0.